The van der Waals surface area contributed by atoms with Crippen LogP contribution in [0, 0.1) is 5.92 Å². The zero-order valence-corrected chi connectivity index (χ0v) is 9.08. The van der Waals surface area contributed by atoms with Crippen LogP contribution in [0.15, 0.2) is 24.3 Å². The largest absolute Gasteiger partial charge is 0.369 e. The first kappa shape index (κ1) is 11.1. The third-order valence-corrected chi connectivity index (χ3v) is 2.85. The van der Waals surface area contributed by atoms with E-state index < -0.39 is 0 Å². The average Bonchev–Trinajstić information content (AvgIpc) is 2.16. The van der Waals surface area contributed by atoms with E-state index in [1.54, 1.807) is 0 Å². The molecule has 0 heterocycles. The number of carbonyl (C=O) groups excluding carboxylic acids is 1. The van der Waals surface area contributed by atoms with Crippen LogP contribution in [0.1, 0.15) is 25.3 Å². The van der Waals surface area contributed by atoms with Gasteiger partial charge in [-0.15, -0.1) is 0 Å². The molecule has 0 fully saturated rings. The van der Waals surface area contributed by atoms with Gasteiger partial charge in [-0.05, 0) is 23.6 Å². The molecule has 0 saturated heterocycles. The summed E-state index contributed by atoms with van der Waals surface area (Å²) in [7, 11) is 0. The lowest BCUT2D eigenvalue weighted by Gasteiger charge is -2.16. The van der Waals surface area contributed by atoms with Gasteiger partial charge in [0, 0.05) is 10.9 Å². The highest BCUT2D eigenvalue weighted by Crippen LogP contribution is 2.24. The third kappa shape index (κ3) is 2.48. The van der Waals surface area contributed by atoms with Crippen LogP contribution in [0.2, 0.25) is 5.02 Å². The zero-order valence-electron chi connectivity index (χ0n) is 8.33. The number of carbonyl (C=O) groups is 1. The maximum absolute atomic E-state index is 11.0. The Morgan fingerprint density at radius 3 is 2.21 bits per heavy atom. The molecule has 0 bridgehead atoms. The van der Waals surface area contributed by atoms with Gasteiger partial charge in [0.2, 0.25) is 5.91 Å². The Balaban J connectivity index is 2.84. The van der Waals surface area contributed by atoms with Gasteiger partial charge in [-0.2, -0.15) is 0 Å². The normalized spacial score (nSPS) is 14.8. The maximum atomic E-state index is 11.0. The predicted molar refractivity (Wildman–Crippen MR) is 58.2 cm³/mol. The SMILES string of the molecule is CC(C(N)=O)[C@H](C)c1ccc(Cl)cc1. The first-order valence-electron chi connectivity index (χ1n) is 4.57. The molecule has 1 unspecified atom stereocenters. The molecule has 0 aliphatic heterocycles. The lowest BCUT2D eigenvalue weighted by molar-refractivity contribution is -0.121. The van der Waals surface area contributed by atoms with Crippen LogP contribution in [0.3, 0.4) is 0 Å². The van der Waals surface area contributed by atoms with Gasteiger partial charge in [-0.1, -0.05) is 37.6 Å². The minimum atomic E-state index is -0.271. The van der Waals surface area contributed by atoms with Gasteiger partial charge in [0.15, 0.2) is 0 Å². The molecular weight excluding hydrogens is 198 g/mol. The average molecular weight is 212 g/mol. The van der Waals surface area contributed by atoms with E-state index >= 15 is 0 Å². The molecule has 2 N–H and O–H groups in total. The van der Waals surface area contributed by atoms with Crippen LogP contribution in [-0.4, -0.2) is 5.91 Å². The first-order chi connectivity index (χ1) is 6.52. The lowest BCUT2D eigenvalue weighted by atomic mass is 9.89. The van der Waals surface area contributed by atoms with Crippen molar-refractivity contribution in [3.8, 4) is 0 Å². The molecule has 0 aromatic heterocycles. The highest BCUT2D eigenvalue weighted by atomic mass is 35.5. The summed E-state index contributed by atoms with van der Waals surface area (Å²) >= 11 is 5.77. The summed E-state index contributed by atoms with van der Waals surface area (Å²) in [5, 5.41) is 0.702. The summed E-state index contributed by atoms with van der Waals surface area (Å²) < 4.78 is 0. The number of benzene rings is 1. The standard InChI is InChI=1S/C11H14ClNO/c1-7(8(2)11(13)14)9-3-5-10(12)6-4-9/h3-8H,1-2H3,(H2,13,14)/t7-,8?/m0/s1. The molecular formula is C11H14ClNO. The third-order valence-electron chi connectivity index (χ3n) is 2.59. The molecule has 0 radical (unpaired) electrons. The van der Waals surface area contributed by atoms with E-state index in [2.05, 4.69) is 0 Å². The molecule has 1 aromatic rings. The van der Waals surface area contributed by atoms with Crippen molar-refractivity contribution in [3.05, 3.63) is 34.9 Å². The van der Waals surface area contributed by atoms with Crippen molar-refractivity contribution in [2.24, 2.45) is 11.7 Å². The van der Waals surface area contributed by atoms with Gasteiger partial charge in [0.25, 0.3) is 0 Å². The molecule has 0 saturated carbocycles. The van der Waals surface area contributed by atoms with Gasteiger partial charge < -0.3 is 5.73 Å². The molecule has 76 valence electrons. The van der Waals surface area contributed by atoms with E-state index in [1.165, 1.54) is 0 Å². The Morgan fingerprint density at radius 2 is 1.79 bits per heavy atom. The lowest BCUT2D eigenvalue weighted by Crippen LogP contribution is -2.24. The smallest absolute Gasteiger partial charge is 0.220 e. The fraction of sp³-hybridized carbons (Fsp3) is 0.364. The minimum absolute atomic E-state index is 0.129. The first-order valence-corrected chi connectivity index (χ1v) is 4.95. The molecule has 1 aromatic carbocycles. The van der Waals surface area contributed by atoms with Gasteiger partial charge in [-0.25, -0.2) is 0 Å². The van der Waals surface area contributed by atoms with Crippen LogP contribution in [-0.2, 0) is 4.79 Å². The number of nitrogens with two attached hydrogens (primary N) is 1. The van der Waals surface area contributed by atoms with Crippen LogP contribution in [0.4, 0.5) is 0 Å². The van der Waals surface area contributed by atoms with E-state index in [1.807, 2.05) is 38.1 Å². The fourth-order valence-electron chi connectivity index (χ4n) is 1.30. The van der Waals surface area contributed by atoms with Gasteiger partial charge in [0.05, 0.1) is 0 Å². The Morgan fingerprint density at radius 1 is 1.29 bits per heavy atom. The molecule has 3 heteroatoms. The van der Waals surface area contributed by atoms with Gasteiger partial charge in [0.1, 0.15) is 0 Å². The van der Waals surface area contributed by atoms with Crippen LogP contribution < -0.4 is 5.73 Å². The Hall–Kier alpha value is -1.02. The minimum Gasteiger partial charge on any atom is -0.369 e. The Labute approximate surface area is 89.1 Å². The molecule has 2 atom stereocenters. The number of rotatable bonds is 3. The van der Waals surface area contributed by atoms with E-state index in [4.69, 9.17) is 17.3 Å². The second-order valence-electron chi connectivity index (χ2n) is 3.53. The molecule has 2 nitrogen and oxygen atoms in total. The second kappa shape index (κ2) is 4.47. The van der Waals surface area contributed by atoms with Crippen molar-refractivity contribution in [1.29, 1.82) is 0 Å². The molecule has 0 spiro atoms. The summed E-state index contributed by atoms with van der Waals surface area (Å²) in [4.78, 5) is 11.0. The second-order valence-corrected chi connectivity index (χ2v) is 3.97. The Kier molecular flexibility index (Phi) is 3.53. The van der Waals surface area contributed by atoms with Crippen molar-refractivity contribution in [2.75, 3.05) is 0 Å². The number of hydrogen-bond acceptors (Lipinski definition) is 1. The summed E-state index contributed by atoms with van der Waals surface area (Å²) in [6.07, 6.45) is 0. The summed E-state index contributed by atoms with van der Waals surface area (Å²) in [5.74, 6) is -0.298. The fourth-order valence-corrected chi connectivity index (χ4v) is 1.43. The Bertz CT molecular complexity index is 321. The van der Waals surface area contributed by atoms with E-state index in [9.17, 15) is 4.79 Å². The van der Waals surface area contributed by atoms with Crippen LogP contribution in [0.5, 0.6) is 0 Å². The quantitative estimate of drug-likeness (QED) is 0.821. The van der Waals surface area contributed by atoms with Crippen molar-refractivity contribution >= 4 is 17.5 Å². The van der Waals surface area contributed by atoms with Crippen molar-refractivity contribution in [1.82, 2.24) is 0 Å². The number of primary amides is 1. The number of hydrogen-bond donors (Lipinski definition) is 1. The molecule has 1 amide bonds. The van der Waals surface area contributed by atoms with Crippen molar-refractivity contribution in [3.63, 3.8) is 0 Å². The number of amides is 1. The van der Waals surface area contributed by atoms with Crippen LogP contribution in [0.25, 0.3) is 0 Å². The predicted octanol–water partition coefficient (Wildman–Crippen LogP) is 2.56. The highest BCUT2D eigenvalue weighted by molar-refractivity contribution is 6.30. The highest BCUT2D eigenvalue weighted by Gasteiger charge is 2.18. The van der Waals surface area contributed by atoms with E-state index in [0.717, 1.165) is 5.56 Å². The topological polar surface area (TPSA) is 43.1 Å². The van der Waals surface area contributed by atoms with Crippen molar-refractivity contribution < 1.29 is 4.79 Å². The van der Waals surface area contributed by atoms with Crippen molar-refractivity contribution in [2.45, 2.75) is 19.8 Å². The van der Waals surface area contributed by atoms with E-state index in [-0.39, 0.29) is 17.7 Å². The summed E-state index contributed by atoms with van der Waals surface area (Å²) in [5.41, 5.74) is 6.32. The molecule has 0 aliphatic rings. The molecule has 0 aliphatic carbocycles. The zero-order chi connectivity index (χ0) is 10.7. The van der Waals surface area contributed by atoms with Crippen LogP contribution >= 0.6 is 11.6 Å². The maximum Gasteiger partial charge on any atom is 0.220 e. The summed E-state index contributed by atoms with van der Waals surface area (Å²) in [6.45, 7) is 3.82. The number of halogens is 1. The van der Waals surface area contributed by atoms with Gasteiger partial charge in [-0.3, -0.25) is 4.79 Å². The monoisotopic (exact) mass is 211 g/mol. The van der Waals surface area contributed by atoms with Gasteiger partial charge >= 0.3 is 0 Å². The summed E-state index contributed by atoms with van der Waals surface area (Å²) in [6, 6.07) is 7.49. The molecule has 1 rings (SSSR count). The van der Waals surface area contributed by atoms with E-state index in [0.29, 0.717) is 5.02 Å². The molecule has 14 heavy (non-hydrogen) atoms.